The first-order chi connectivity index (χ1) is 17.2. The molecule has 1 aliphatic heterocycles. The number of likely N-dealkylation sites (tertiary alicyclic amines) is 1. The van der Waals surface area contributed by atoms with Crippen molar-refractivity contribution in [3.63, 3.8) is 0 Å². The van der Waals surface area contributed by atoms with Gasteiger partial charge in [0, 0.05) is 35.6 Å². The molecule has 6 nitrogen and oxygen atoms in total. The van der Waals surface area contributed by atoms with Crippen LogP contribution in [0.4, 0.5) is 18.9 Å². The summed E-state index contributed by atoms with van der Waals surface area (Å²) >= 11 is 0. The molecule has 0 saturated carbocycles. The molecule has 0 aliphatic carbocycles. The first-order valence-corrected chi connectivity index (χ1v) is 11.5. The van der Waals surface area contributed by atoms with E-state index in [4.69, 9.17) is 0 Å². The maximum atomic E-state index is 13.3. The van der Waals surface area contributed by atoms with Crippen LogP contribution in [0.1, 0.15) is 27.2 Å². The molecule has 36 heavy (non-hydrogen) atoms. The van der Waals surface area contributed by atoms with Crippen molar-refractivity contribution in [2.24, 2.45) is 0 Å². The van der Waals surface area contributed by atoms with Crippen molar-refractivity contribution in [2.75, 3.05) is 25.0 Å². The second-order valence-electron chi connectivity index (χ2n) is 8.84. The minimum atomic E-state index is -4.64. The number of carbonyl (C=O) groups excluding carboxylic acids is 1. The number of alkyl halides is 3. The van der Waals surface area contributed by atoms with Gasteiger partial charge in [-0.3, -0.25) is 14.8 Å². The summed E-state index contributed by atoms with van der Waals surface area (Å²) in [5, 5.41) is 15.1. The quantitative estimate of drug-likeness (QED) is 0.410. The van der Waals surface area contributed by atoms with Gasteiger partial charge in [0.1, 0.15) is 5.60 Å². The molecule has 0 bridgehead atoms. The lowest BCUT2D eigenvalue weighted by Gasteiger charge is -2.46. The van der Waals surface area contributed by atoms with Gasteiger partial charge >= 0.3 is 6.18 Å². The Hall–Kier alpha value is -3.98. The Balaban J connectivity index is 1.19. The summed E-state index contributed by atoms with van der Waals surface area (Å²) in [5.41, 5.74) is 0.0576. The third-order valence-electron chi connectivity index (χ3n) is 6.32. The van der Waals surface area contributed by atoms with Crippen molar-refractivity contribution < 1.29 is 23.1 Å². The van der Waals surface area contributed by atoms with Crippen molar-refractivity contribution >= 4 is 22.5 Å². The van der Waals surface area contributed by atoms with Crippen LogP contribution in [0, 0.1) is 0 Å². The Morgan fingerprint density at radius 1 is 0.972 bits per heavy atom. The molecule has 184 valence electrons. The fourth-order valence-corrected chi connectivity index (χ4v) is 4.51. The zero-order valence-electron chi connectivity index (χ0n) is 19.2. The molecule has 2 aromatic carbocycles. The van der Waals surface area contributed by atoms with Gasteiger partial charge < -0.3 is 15.3 Å². The number of carbonyl (C=O) groups is 1. The molecule has 4 aromatic rings. The predicted octanol–water partition coefficient (Wildman–Crippen LogP) is 4.65. The van der Waals surface area contributed by atoms with Gasteiger partial charge in [-0.25, -0.2) is 0 Å². The zero-order valence-corrected chi connectivity index (χ0v) is 19.2. The van der Waals surface area contributed by atoms with E-state index in [1.165, 1.54) is 17.2 Å². The molecule has 1 aliphatic rings. The standard InChI is InChI=1S/C27H23F3N4O2/c28-27(29,30)22-7-3-14-33-24(22)26(36)16-34(17-26)25(35)20-8-10-21(11-9-20)31-15-12-19-5-1-4-18-6-2-13-32-23(18)19/h1-11,13-14,31,36H,12,15-17H2. The first-order valence-electron chi connectivity index (χ1n) is 11.5. The molecule has 2 N–H and O–H groups in total. The third-order valence-corrected chi connectivity index (χ3v) is 6.32. The number of nitrogens with one attached hydrogen (secondary N) is 1. The van der Waals surface area contributed by atoms with Gasteiger partial charge in [-0.1, -0.05) is 24.3 Å². The molecule has 5 rings (SSSR count). The minimum Gasteiger partial charge on any atom is -0.385 e. The second-order valence-corrected chi connectivity index (χ2v) is 8.84. The molecular formula is C27H23F3N4O2. The number of benzene rings is 2. The summed E-state index contributed by atoms with van der Waals surface area (Å²) in [7, 11) is 0. The van der Waals surface area contributed by atoms with Gasteiger partial charge in [0.25, 0.3) is 5.91 Å². The normalized spacial score (nSPS) is 14.9. The number of hydrogen-bond donors (Lipinski definition) is 2. The lowest BCUT2D eigenvalue weighted by Crippen LogP contribution is -2.62. The van der Waals surface area contributed by atoms with E-state index >= 15 is 0 Å². The number of halogens is 3. The van der Waals surface area contributed by atoms with E-state index < -0.39 is 23.0 Å². The van der Waals surface area contributed by atoms with Gasteiger partial charge in [-0.05, 0) is 54.4 Å². The number of rotatable bonds is 6. The van der Waals surface area contributed by atoms with Gasteiger partial charge in [0.2, 0.25) is 0 Å². The van der Waals surface area contributed by atoms with Gasteiger partial charge in [-0.15, -0.1) is 0 Å². The highest BCUT2D eigenvalue weighted by atomic mass is 19.4. The molecule has 9 heteroatoms. The van der Waals surface area contributed by atoms with E-state index in [9.17, 15) is 23.1 Å². The van der Waals surface area contributed by atoms with Gasteiger partial charge in [-0.2, -0.15) is 13.2 Å². The van der Waals surface area contributed by atoms with Crippen LogP contribution in [0.25, 0.3) is 10.9 Å². The molecule has 0 radical (unpaired) electrons. The summed E-state index contributed by atoms with van der Waals surface area (Å²) in [6.45, 7) is 0.156. The SMILES string of the molecule is O=C(c1ccc(NCCc2cccc3cccnc23)cc1)N1CC(O)(c2ncccc2C(F)(F)F)C1. The number of fused-ring (bicyclic) bond motifs is 1. The lowest BCUT2D eigenvalue weighted by atomic mass is 9.86. The molecular weight excluding hydrogens is 469 g/mol. The molecule has 3 heterocycles. The highest BCUT2D eigenvalue weighted by Crippen LogP contribution is 2.39. The van der Waals surface area contributed by atoms with Crippen LogP contribution in [0.5, 0.6) is 0 Å². The number of aromatic nitrogens is 2. The molecule has 1 fully saturated rings. The molecule has 1 amide bonds. The summed E-state index contributed by atoms with van der Waals surface area (Å²) in [6.07, 6.45) is -0.888. The maximum absolute atomic E-state index is 13.3. The Labute approximate surface area is 205 Å². The molecule has 0 atom stereocenters. The fraction of sp³-hybridized carbons (Fsp3) is 0.222. The average molecular weight is 493 g/mol. The van der Waals surface area contributed by atoms with E-state index in [-0.39, 0.29) is 19.0 Å². The van der Waals surface area contributed by atoms with Crippen molar-refractivity contribution in [3.05, 3.63) is 102 Å². The number of amides is 1. The molecule has 1 saturated heterocycles. The smallest absolute Gasteiger partial charge is 0.385 e. The summed E-state index contributed by atoms with van der Waals surface area (Å²) in [4.78, 5) is 22.3. The van der Waals surface area contributed by atoms with Gasteiger partial charge in [0.15, 0.2) is 0 Å². The number of nitrogens with zero attached hydrogens (tertiary/aromatic N) is 3. The third kappa shape index (κ3) is 4.61. The monoisotopic (exact) mass is 492 g/mol. The summed E-state index contributed by atoms with van der Waals surface area (Å²) in [6, 6.07) is 18.9. The highest BCUT2D eigenvalue weighted by molar-refractivity contribution is 5.95. The van der Waals surface area contributed by atoms with Crippen molar-refractivity contribution in [3.8, 4) is 0 Å². The summed E-state index contributed by atoms with van der Waals surface area (Å²) in [5.74, 6) is -0.363. The molecule has 2 aromatic heterocycles. The molecule has 0 spiro atoms. The number of para-hydroxylation sites is 1. The van der Waals surface area contributed by atoms with Crippen LogP contribution in [-0.4, -0.2) is 45.5 Å². The number of pyridine rings is 2. The van der Waals surface area contributed by atoms with Gasteiger partial charge in [0.05, 0.1) is 29.9 Å². The minimum absolute atomic E-state index is 0.259. The topological polar surface area (TPSA) is 78.4 Å². The predicted molar refractivity (Wildman–Crippen MR) is 129 cm³/mol. The molecule has 0 unspecified atom stereocenters. The van der Waals surface area contributed by atoms with Crippen LogP contribution in [0.3, 0.4) is 0 Å². The largest absolute Gasteiger partial charge is 0.418 e. The van der Waals surface area contributed by atoms with Crippen LogP contribution in [0.2, 0.25) is 0 Å². The van der Waals surface area contributed by atoms with E-state index in [1.54, 1.807) is 30.5 Å². The van der Waals surface area contributed by atoms with Crippen LogP contribution >= 0.6 is 0 Å². The Morgan fingerprint density at radius 3 is 2.42 bits per heavy atom. The number of aliphatic hydroxyl groups is 1. The van der Waals surface area contributed by atoms with E-state index in [2.05, 4.69) is 21.4 Å². The fourth-order valence-electron chi connectivity index (χ4n) is 4.51. The zero-order chi connectivity index (χ0) is 25.3. The summed E-state index contributed by atoms with van der Waals surface area (Å²) < 4.78 is 39.9. The Kier molecular flexibility index (Phi) is 6.09. The van der Waals surface area contributed by atoms with Crippen LogP contribution < -0.4 is 5.32 Å². The van der Waals surface area contributed by atoms with Crippen molar-refractivity contribution in [1.29, 1.82) is 0 Å². The number of hydrogen-bond acceptors (Lipinski definition) is 5. The second kappa shape index (κ2) is 9.23. The Morgan fingerprint density at radius 2 is 1.67 bits per heavy atom. The maximum Gasteiger partial charge on any atom is 0.418 e. The van der Waals surface area contributed by atoms with Crippen molar-refractivity contribution in [1.82, 2.24) is 14.9 Å². The Bertz CT molecular complexity index is 1400. The first kappa shape index (κ1) is 23.7. The number of anilines is 1. The van der Waals surface area contributed by atoms with Crippen molar-refractivity contribution in [2.45, 2.75) is 18.2 Å². The highest BCUT2D eigenvalue weighted by Gasteiger charge is 2.50. The van der Waals surface area contributed by atoms with Crippen LogP contribution in [-0.2, 0) is 18.2 Å². The average Bonchev–Trinajstić information content (AvgIpc) is 2.86. The number of β-amino-alcohol motifs (C(OH)–C–C–N with tert-alkyl or cyclic N) is 1. The van der Waals surface area contributed by atoms with E-state index in [0.717, 1.165) is 34.6 Å². The lowest BCUT2D eigenvalue weighted by molar-refractivity contribution is -0.146. The van der Waals surface area contributed by atoms with Crippen LogP contribution in [0.15, 0.2) is 79.1 Å². The van der Waals surface area contributed by atoms with E-state index in [1.807, 2.05) is 24.3 Å². The van der Waals surface area contributed by atoms with E-state index in [0.29, 0.717) is 12.1 Å².